The van der Waals surface area contributed by atoms with Gasteiger partial charge in [-0.25, -0.2) is 0 Å². The van der Waals surface area contributed by atoms with Gasteiger partial charge in [-0.15, -0.1) is 5.92 Å². The maximum Gasteiger partial charge on any atom is 0.130 e. The molecule has 0 N–H and O–H groups in total. The van der Waals surface area contributed by atoms with Gasteiger partial charge in [0.25, 0.3) is 0 Å². The van der Waals surface area contributed by atoms with Crippen LogP contribution < -0.4 is 0 Å². The van der Waals surface area contributed by atoms with E-state index in [1.807, 2.05) is 75.3 Å². The lowest BCUT2D eigenvalue weighted by Crippen LogP contribution is -2.29. The van der Waals surface area contributed by atoms with Crippen LogP contribution in [0.1, 0.15) is 32.8 Å². The molecular weight excluding hydrogens is 346 g/mol. The summed E-state index contributed by atoms with van der Waals surface area (Å²) in [6.07, 6.45) is 12.8. The number of benzene rings is 1. The van der Waals surface area contributed by atoms with Gasteiger partial charge in [0.2, 0.25) is 0 Å². The zero-order valence-corrected chi connectivity index (χ0v) is 17.8. The highest BCUT2D eigenvalue weighted by atomic mass is 16.5. The Hall–Kier alpha value is -2.54. The van der Waals surface area contributed by atoms with Crippen LogP contribution in [0.25, 0.3) is 0 Å². The molecule has 0 aliphatic heterocycles. The van der Waals surface area contributed by atoms with Crippen LogP contribution in [0.2, 0.25) is 0 Å². The van der Waals surface area contributed by atoms with E-state index in [0.717, 1.165) is 23.1 Å². The normalized spacial score (nSPS) is 13.8. The largest absolute Gasteiger partial charge is 0.496 e. The van der Waals surface area contributed by atoms with Crippen LogP contribution in [0.3, 0.4) is 0 Å². The van der Waals surface area contributed by atoms with Gasteiger partial charge in [-0.1, -0.05) is 61.4 Å². The Morgan fingerprint density at radius 1 is 1.21 bits per heavy atom. The average Bonchev–Trinajstić information content (AvgIpc) is 2.68. The summed E-state index contributed by atoms with van der Waals surface area (Å²) in [5.74, 6) is 6.05. The molecule has 1 unspecified atom stereocenters. The summed E-state index contributed by atoms with van der Waals surface area (Å²) in [7, 11) is 3.98. The Labute approximate surface area is 171 Å². The molecule has 0 saturated carbocycles. The van der Waals surface area contributed by atoms with Crippen LogP contribution in [0.5, 0.6) is 0 Å². The molecule has 3 nitrogen and oxygen atoms in total. The second-order valence-electron chi connectivity index (χ2n) is 6.59. The first-order valence-electron chi connectivity index (χ1n) is 9.63. The lowest BCUT2D eigenvalue weighted by molar-refractivity contribution is 0.0111. The molecule has 0 aromatic heterocycles. The van der Waals surface area contributed by atoms with E-state index in [4.69, 9.17) is 9.47 Å². The third kappa shape index (κ3) is 10.6. The van der Waals surface area contributed by atoms with Gasteiger partial charge in [0.1, 0.15) is 12.8 Å². The second-order valence-corrected chi connectivity index (χ2v) is 6.59. The van der Waals surface area contributed by atoms with Crippen LogP contribution in [0.15, 0.2) is 78.1 Å². The van der Waals surface area contributed by atoms with Crippen molar-refractivity contribution in [3.8, 4) is 11.8 Å². The molecule has 0 radical (unpaired) electrons. The maximum absolute atomic E-state index is 6.04. The quantitative estimate of drug-likeness (QED) is 0.220. The van der Waals surface area contributed by atoms with Gasteiger partial charge in [0, 0.05) is 5.57 Å². The fourth-order valence-electron chi connectivity index (χ4n) is 2.28. The Kier molecular flexibility index (Phi) is 12.2. The second kappa shape index (κ2) is 14.5. The lowest BCUT2D eigenvalue weighted by Gasteiger charge is -2.21. The Bertz CT molecular complexity index is 731. The molecule has 1 aromatic rings. The van der Waals surface area contributed by atoms with Crippen molar-refractivity contribution in [1.82, 2.24) is 4.90 Å². The molecule has 0 heterocycles. The van der Waals surface area contributed by atoms with Crippen molar-refractivity contribution in [2.24, 2.45) is 0 Å². The minimum absolute atomic E-state index is 0.144. The van der Waals surface area contributed by atoms with Crippen molar-refractivity contribution in [2.75, 3.05) is 20.7 Å². The van der Waals surface area contributed by atoms with Crippen molar-refractivity contribution in [2.45, 2.75) is 40.0 Å². The summed E-state index contributed by atoms with van der Waals surface area (Å²) in [5.41, 5.74) is 3.14. The average molecular weight is 380 g/mol. The highest BCUT2D eigenvalue weighted by molar-refractivity contribution is 5.32. The minimum Gasteiger partial charge on any atom is -0.496 e. The van der Waals surface area contributed by atoms with E-state index < -0.39 is 0 Å². The molecular formula is C25H33NO2. The van der Waals surface area contributed by atoms with Gasteiger partial charge in [-0.05, 0) is 57.7 Å². The number of hydrogen-bond acceptors (Lipinski definition) is 3. The molecule has 28 heavy (non-hydrogen) atoms. The number of rotatable bonds is 11. The maximum atomic E-state index is 6.04. The van der Waals surface area contributed by atoms with Gasteiger partial charge >= 0.3 is 0 Å². The molecule has 1 rings (SSSR count). The Morgan fingerprint density at radius 3 is 2.61 bits per heavy atom. The van der Waals surface area contributed by atoms with E-state index in [-0.39, 0.29) is 6.23 Å². The van der Waals surface area contributed by atoms with Gasteiger partial charge in [-0.3, -0.25) is 4.90 Å². The van der Waals surface area contributed by atoms with E-state index in [1.165, 1.54) is 0 Å². The minimum atomic E-state index is -0.144. The number of likely N-dealkylation sites (N-methyl/N-ethyl adjacent to an activating group) is 1. The molecule has 1 aromatic carbocycles. The summed E-state index contributed by atoms with van der Waals surface area (Å²) < 4.78 is 11.7. The number of ether oxygens (including phenoxy) is 2. The highest BCUT2D eigenvalue weighted by Crippen LogP contribution is 2.07. The van der Waals surface area contributed by atoms with E-state index >= 15 is 0 Å². The van der Waals surface area contributed by atoms with E-state index in [9.17, 15) is 0 Å². The third-order valence-corrected chi connectivity index (χ3v) is 3.76. The zero-order chi connectivity index (χ0) is 20.6. The first-order valence-corrected chi connectivity index (χ1v) is 9.63. The monoisotopic (exact) mass is 379 g/mol. The third-order valence-electron chi connectivity index (χ3n) is 3.76. The Balaban J connectivity index is 2.61. The van der Waals surface area contributed by atoms with Crippen molar-refractivity contribution in [1.29, 1.82) is 0 Å². The predicted octanol–water partition coefficient (Wildman–Crippen LogP) is 5.48. The lowest BCUT2D eigenvalue weighted by atomic mass is 10.2. The van der Waals surface area contributed by atoms with E-state index in [0.29, 0.717) is 13.2 Å². The van der Waals surface area contributed by atoms with Crippen LogP contribution in [-0.4, -0.2) is 31.8 Å². The van der Waals surface area contributed by atoms with Crippen molar-refractivity contribution in [3.05, 3.63) is 83.7 Å². The van der Waals surface area contributed by atoms with Gasteiger partial charge in [0.15, 0.2) is 0 Å². The molecule has 0 amide bonds. The molecule has 150 valence electrons. The Morgan fingerprint density at radius 2 is 1.96 bits per heavy atom. The molecule has 0 spiro atoms. The van der Waals surface area contributed by atoms with E-state index in [1.54, 1.807) is 6.26 Å². The van der Waals surface area contributed by atoms with Crippen molar-refractivity contribution in [3.63, 3.8) is 0 Å². The summed E-state index contributed by atoms with van der Waals surface area (Å²) in [4.78, 5) is 2.02. The molecule has 0 saturated heterocycles. The van der Waals surface area contributed by atoms with E-state index in [2.05, 4.69) is 37.0 Å². The molecule has 0 aliphatic rings. The molecule has 1 atom stereocenters. The fourth-order valence-corrected chi connectivity index (χ4v) is 2.28. The summed E-state index contributed by atoms with van der Waals surface area (Å²) in [6, 6.07) is 10.1. The molecule has 0 aliphatic carbocycles. The number of nitrogens with zero attached hydrogens (tertiary/aromatic N) is 1. The molecule has 0 fully saturated rings. The standard InChI is InChI=1S/C25H33NO2/c1-6-8-10-14-23(13-7-2)21-28-25(26(4)5)18-17-22(3)19-27-20-24-15-11-9-12-16-24/h8-12,14-19,25H,6,20-21H2,1-5H3/b10-8-,18-17-,22-19+,23-14+. The zero-order valence-electron chi connectivity index (χ0n) is 17.8. The predicted molar refractivity (Wildman–Crippen MR) is 119 cm³/mol. The van der Waals surface area contributed by atoms with Gasteiger partial charge < -0.3 is 9.47 Å². The van der Waals surface area contributed by atoms with Crippen LogP contribution in [0.4, 0.5) is 0 Å². The van der Waals surface area contributed by atoms with Gasteiger partial charge in [0.05, 0.1) is 12.9 Å². The number of allylic oxidation sites excluding steroid dienone is 5. The van der Waals surface area contributed by atoms with Crippen LogP contribution in [0, 0.1) is 11.8 Å². The molecule has 0 bridgehead atoms. The SMILES string of the molecule is CC#C/C(=C\C=C/CC)COC(/C=C\C(C)=C\OCc1ccccc1)N(C)C. The summed E-state index contributed by atoms with van der Waals surface area (Å²) in [6.45, 7) is 6.99. The first kappa shape index (κ1) is 23.5. The number of hydrogen-bond donors (Lipinski definition) is 0. The smallest absolute Gasteiger partial charge is 0.130 e. The fraction of sp³-hybridized carbons (Fsp3) is 0.360. The summed E-state index contributed by atoms with van der Waals surface area (Å²) >= 11 is 0. The van der Waals surface area contributed by atoms with Crippen molar-refractivity contribution < 1.29 is 9.47 Å². The molecule has 3 heteroatoms. The van der Waals surface area contributed by atoms with Crippen LogP contribution >= 0.6 is 0 Å². The van der Waals surface area contributed by atoms with Crippen molar-refractivity contribution >= 4 is 0 Å². The highest BCUT2D eigenvalue weighted by Gasteiger charge is 2.08. The topological polar surface area (TPSA) is 21.7 Å². The summed E-state index contributed by atoms with van der Waals surface area (Å²) in [5, 5.41) is 0. The first-order chi connectivity index (χ1) is 13.6. The van der Waals surface area contributed by atoms with Gasteiger partial charge in [-0.2, -0.15) is 0 Å². The van der Waals surface area contributed by atoms with Crippen LogP contribution in [-0.2, 0) is 16.1 Å².